The van der Waals surface area contributed by atoms with E-state index in [4.69, 9.17) is 4.74 Å². The lowest BCUT2D eigenvalue weighted by atomic mass is 9.88. The van der Waals surface area contributed by atoms with E-state index in [-0.39, 0.29) is 11.6 Å². The quantitative estimate of drug-likeness (QED) is 0.444. The van der Waals surface area contributed by atoms with Crippen LogP contribution in [-0.2, 0) is 4.74 Å². The van der Waals surface area contributed by atoms with Crippen molar-refractivity contribution >= 4 is 11.6 Å². The predicted octanol–water partition coefficient (Wildman–Crippen LogP) is 3.72. The smallest absolute Gasteiger partial charge is 0.191 e. The molecule has 178 valence electrons. The van der Waals surface area contributed by atoms with Crippen LogP contribution in [0, 0.1) is 0 Å². The Labute approximate surface area is 198 Å². The van der Waals surface area contributed by atoms with Gasteiger partial charge >= 0.3 is 0 Å². The fourth-order valence-corrected chi connectivity index (χ4v) is 4.98. The molecule has 2 heterocycles. The zero-order valence-electron chi connectivity index (χ0n) is 20.1. The Morgan fingerprint density at radius 3 is 2.30 bits per heavy atom. The van der Waals surface area contributed by atoms with Crippen molar-refractivity contribution in [2.45, 2.75) is 50.2 Å². The van der Waals surface area contributed by atoms with Gasteiger partial charge in [-0.15, -0.1) is 0 Å². The van der Waals surface area contributed by atoms with E-state index in [9.17, 15) is 0 Å². The van der Waals surface area contributed by atoms with Gasteiger partial charge in [0.15, 0.2) is 5.96 Å². The van der Waals surface area contributed by atoms with Crippen LogP contribution in [0.25, 0.3) is 0 Å². The molecule has 6 heteroatoms. The molecule has 0 radical (unpaired) electrons. The van der Waals surface area contributed by atoms with Crippen molar-refractivity contribution in [3.63, 3.8) is 0 Å². The molecule has 6 nitrogen and oxygen atoms in total. The highest BCUT2D eigenvalue weighted by atomic mass is 16.5. The van der Waals surface area contributed by atoms with Crippen LogP contribution >= 0.6 is 0 Å². The lowest BCUT2D eigenvalue weighted by Crippen LogP contribution is -2.59. The molecule has 3 N–H and O–H groups in total. The summed E-state index contributed by atoms with van der Waals surface area (Å²) in [5.74, 6) is 0.896. The third-order valence-corrected chi connectivity index (χ3v) is 7.05. The van der Waals surface area contributed by atoms with Crippen LogP contribution in [-0.4, -0.2) is 57.4 Å². The van der Waals surface area contributed by atoms with E-state index < -0.39 is 0 Å². The van der Waals surface area contributed by atoms with Gasteiger partial charge < -0.3 is 25.6 Å². The molecule has 1 atom stereocenters. The fourth-order valence-electron chi connectivity index (χ4n) is 4.98. The molecule has 33 heavy (non-hydrogen) atoms. The standard InChI is InChI=1S/C27H39N5O/c1-22(23-9-5-3-6-10-23)31-27(15-19-33-20-16-27)21-29-26(28-2)30-24-13-17-32(18-14-24)25-11-7-4-8-12-25/h3-12,22,24,31H,13-21H2,1-2H3,(H2,28,29,30). The van der Waals surface area contributed by atoms with Gasteiger partial charge in [0.2, 0.25) is 0 Å². The minimum absolute atomic E-state index is 0.0121. The van der Waals surface area contributed by atoms with Crippen molar-refractivity contribution < 1.29 is 4.74 Å². The van der Waals surface area contributed by atoms with E-state index >= 15 is 0 Å². The van der Waals surface area contributed by atoms with Gasteiger partial charge in [-0.25, -0.2) is 0 Å². The second kappa shape index (κ2) is 11.5. The van der Waals surface area contributed by atoms with E-state index in [0.29, 0.717) is 6.04 Å². The monoisotopic (exact) mass is 449 g/mol. The predicted molar refractivity (Wildman–Crippen MR) is 137 cm³/mol. The number of benzene rings is 2. The highest BCUT2D eigenvalue weighted by Gasteiger charge is 2.34. The largest absolute Gasteiger partial charge is 0.381 e. The number of rotatable bonds is 7. The van der Waals surface area contributed by atoms with Crippen LogP contribution in [0.4, 0.5) is 5.69 Å². The maximum atomic E-state index is 5.69. The summed E-state index contributed by atoms with van der Waals surface area (Å²) in [6.45, 7) is 6.79. The molecule has 2 aliphatic heterocycles. The Kier molecular flexibility index (Phi) is 8.24. The second-order valence-electron chi connectivity index (χ2n) is 9.34. The summed E-state index contributed by atoms with van der Waals surface area (Å²) in [6.07, 6.45) is 4.20. The van der Waals surface area contributed by atoms with Crippen molar-refractivity contribution in [2.24, 2.45) is 4.99 Å². The molecule has 2 aliphatic rings. The first-order valence-corrected chi connectivity index (χ1v) is 12.3. The lowest BCUT2D eigenvalue weighted by molar-refractivity contribution is 0.0354. The van der Waals surface area contributed by atoms with Gasteiger partial charge in [0, 0.05) is 63.2 Å². The Bertz CT molecular complexity index is 859. The van der Waals surface area contributed by atoms with Crippen molar-refractivity contribution in [3.8, 4) is 0 Å². The molecule has 1 unspecified atom stereocenters. The van der Waals surface area contributed by atoms with Crippen molar-refractivity contribution in [1.29, 1.82) is 0 Å². The summed E-state index contributed by atoms with van der Waals surface area (Å²) in [5.41, 5.74) is 2.62. The van der Waals surface area contributed by atoms with E-state index in [1.54, 1.807) is 0 Å². The molecule has 2 fully saturated rings. The number of hydrogen-bond donors (Lipinski definition) is 3. The molecule has 0 amide bonds. The Balaban J connectivity index is 1.30. The molecule has 0 spiro atoms. The summed E-state index contributed by atoms with van der Waals surface area (Å²) in [7, 11) is 1.87. The van der Waals surface area contributed by atoms with Crippen LogP contribution in [0.5, 0.6) is 0 Å². The maximum Gasteiger partial charge on any atom is 0.191 e. The van der Waals surface area contributed by atoms with Gasteiger partial charge in [-0.05, 0) is 50.3 Å². The van der Waals surface area contributed by atoms with E-state index in [1.807, 2.05) is 7.05 Å². The number of anilines is 1. The topological polar surface area (TPSA) is 60.9 Å². The van der Waals surface area contributed by atoms with E-state index in [0.717, 1.165) is 64.5 Å². The SMILES string of the molecule is CN=C(NCC1(NC(C)c2ccccc2)CCOCC1)NC1CCN(c2ccccc2)CC1. The molecule has 0 bridgehead atoms. The molecule has 4 rings (SSSR count). The summed E-state index contributed by atoms with van der Waals surface area (Å²) in [6, 6.07) is 22.1. The molecular weight excluding hydrogens is 410 g/mol. The third kappa shape index (κ3) is 6.49. The summed E-state index contributed by atoms with van der Waals surface area (Å²) in [5, 5.41) is 11.2. The Hall–Kier alpha value is -2.57. The van der Waals surface area contributed by atoms with Crippen molar-refractivity contribution in [2.75, 3.05) is 44.8 Å². The van der Waals surface area contributed by atoms with Crippen LogP contribution in [0.2, 0.25) is 0 Å². The Morgan fingerprint density at radius 1 is 1.03 bits per heavy atom. The first-order chi connectivity index (χ1) is 16.2. The van der Waals surface area contributed by atoms with Gasteiger partial charge in [0.25, 0.3) is 0 Å². The zero-order chi connectivity index (χ0) is 22.9. The number of piperidine rings is 1. The third-order valence-electron chi connectivity index (χ3n) is 7.05. The number of para-hydroxylation sites is 1. The average Bonchev–Trinajstić information content (AvgIpc) is 2.88. The van der Waals surface area contributed by atoms with Crippen LogP contribution in [0.1, 0.15) is 44.2 Å². The normalized spacial score (nSPS) is 20.3. The summed E-state index contributed by atoms with van der Waals surface area (Å²) in [4.78, 5) is 7.01. The van der Waals surface area contributed by atoms with Gasteiger partial charge in [0.1, 0.15) is 0 Å². The van der Waals surface area contributed by atoms with Crippen LogP contribution in [0.15, 0.2) is 65.7 Å². The first-order valence-electron chi connectivity index (χ1n) is 12.3. The van der Waals surface area contributed by atoms with Gasteiger partial charge in [0.05, 0.1) is 0 Å². The van der Waals surface area contributed by atoms with Gasteiger partial charge in [-0.2, -0.15) is 0 Å². The molecule has 2 aromatic carbocycles. The molecule has 0 aliphatic carbocycles. The molecule has 2 aromatic rings. The molecule has 0 saturated carbocycles. The van der Waals surface area contributed by atoms with Crippen LogP contribution in [0.3, 0.4) is 0 Å². The molecular formula is C27H39N5O. The number of aliphatic imine (C=N–C) groups is 1. The van der Waals surface area contributed by atoms with E-state index in [1.165, 1.54) is 11.3 Å². The van der Waals surface area contributed by atoms with E-state index in [2.05, 4.69) is 93.4 Å². The number of nitrogens with one attached hydrogen (secondary N) is 3. The zero-order valence-corrected chi connectivity index (χ0v) is 20.1. The highest BCUT2D eigenvalue weighted by molar-refractivity contribution is 5.80. The second-order valence-corrected chi connectivity index (χ2v) is 9.34. The number of ether oxygens (including phenoxy) is 1. The minimum atomic E-state index is -0.0121. The highest BCUT2D eigenvalue weighted by Crippen LogP contribution is 2.25. The molecule has 0 aromatic heterocycles. The van der Waals surface area contributed by atoms with Crippen LogP contribution < -0.4 is 20.9 Å². The van der Waals surface area contributed by atoms with Gasteiger partial charge in [-0.3, -0.25) is 4.99 Å². The number of guanidine groups is 1. The first kappa shape index (κ1) is 23.6. The van der Waals surface area contributed by atoms with Crippen molar-refractivity contribution in [1.82, 2.24) is 16.0 Å². The Morgan fingerprint density at radius 2 is 1.67 bits per heavy atom. The number of nitrogens with zero attached hydrogens (tertiary/aromatic N) is 2. The van der Waals surface area contributed by atoms with Gasteiger partial charge in [-0.1, -0.05) is 48.5 Å². The lowest BCUT2D eigenvalue weighted by Gasteiger charge is -2.41. The summed E-state index contributed by atoms with van der Waals surface area (Å²) >= 11 is 0. The minimum Gasteiger partial charge on any atom is -0.381 e. The summed E-state index contributed by atoms with van der Waals surface area (Å²) < 4.78 is 5.69. The average molecular weight is 450 g/mol. The van der Waals surface area contributed by atoms with Crippen molar-refractivity contribution in [3.05, 3.63) is 66.2 Å². The fraction of sp³-hybridized carbons (Fsp3) is 0.519. The number of hydrogen-bond acceptors (Lipinski definition) is 4. The maximum absolute atomic E-state index is 5.69. The molecule has 2 saturated heterocycles.